The Hall–Kier alpha value is -1.87. The van der Waals surface area contributed by atoms with Crippen LogP contribution in [-0.2, 0) is 4.84 Å². The standard InChI is InChI=1S/C15H13NOS/c1-2-5-12(6-3-1)11-13-8-9-14(16-17-13)15-7-4-10-18-15/h1-7,10-11H,8-9H2/b13-11+. The number of benzene rings is 1. The fourth-order valence-electron chi connectivity index (χ4n) is 1.89. The molecule has 1 aliphatic heterocycles. The van der Waals surface area contributed by atoms with Gasteiger partial charge >= 0.3 is 0 Å². The molecule has 0 spiro atoms. The highest BCUT2D eigenvalue weighted by Crippen LogP contribution is 2.23. The number of hydrogen-bond donors (Lipinski definition) is 0. The molecule has 2 nitrogen and oxygen atoms in total. The Morgan fingerprint density at radius 2 is 1.94 bits per heavy atom. The molecule has 0 radical (unpaired) electrons. The molecule has 0 saturated carbocycles. The molecule has 3 rings (SSSR count). The van der Waals surface area contributed by atoms with Crippen LogP contribution in [-0.4, -0.2) is 5.71 Å². The Balaban J connectivity index is 1.75. The van der Waals surface area contributed by atoms with E-state index in [0.29, 0.717) is 0 Å². The van der Waals surface area contributed by atoms with Gasteiger partial charge in [0, 0.05) is 12.8 Å². The minimum Gasteiger partial charge on any atom is -0.361 e. The van der Waals surface area contributed by atoms with E-state index in [9.17, 15) is 0 Å². The SMILES string of the molecule is C(=C1/CCC(c2cccs2)=NO1)/c1ccccc1. The van der Waals surface area contributed by atoms with Crippen molar-refractivity contribution in [3.05, 3.63) is 64.0 Å². The Morgan fingerprint density at radius 1 is 1.06 bits per heavy atom. The van der Waals surface area contributed by atoms with E-state index >= 15 is 0 Å². The van der Waals surface area contributed by atoms with E-state index in [1.807, 2.05) is 24.3 Å². The molecule has 3 heteroatoms. The molecule has 0 bridgehead atoms. The normalized spacial score (nSPS) is 17.3. The first-order chi connectivity index (χ1) is 8.92. The molecule has 2 aromatic rings. The van der Waals surface area contributed by atoms with Gasteiger partial charge in [0.1, 0.15) is 5.76 Å². The lowest BCUT2D eigenvalue weighted by atomic mass is 10.1. The first-order valence-electron chi connectivity index (χ1n) is 5.95. The summed E-state index contributed by atoms with van der Waals surface area (Å²) >= 11 is 1.70. The zero-order valence-corrected chi connectivity index (χ0v) is 10.7. The predicted octanol–water partition coefficient (Wildman–Crippen LogP) is 4.30. The molecule has 0 aliphatic carbocycles. The summed E-state index contributed by atoms with van der Waals surface area (Å²) in [6.45, 7) is 0. The molecule has 0 N–H and O–H groups in total. The predicted molar refractivity (Wildman–Crippen MR) is 75.6 cm³/mol. The van der Waals surface area contributed by atoms with Gasteiger partial charge in [0.2, 0.25) is 0 Å². The summed E-state index contributed by atoms with van der Waals surface area (Å²) in [7, 11) is 0. The fraction of sp³-hybridized carbons (Fsp3) is 0.133. The van der Waals surface area contributed by atoms with Crippen LogP contribution < -0.4 is 0 Å². The number of allylic oxidation sites excluding steroid dienone is 1. The summed E-state index contributed by atoms with van der Waals surface area (Å²) in [4.78, 5) is 6.68. The molecule has 0 amide bonds. The Morgan fingerprint density at radius 3 is 2.61 bits per heavy atom. The molecule has 0 fully saturated rings. The third-order valence-corrected chi connectivity index (χ3v) is 3.73. The zero-order chi connectivity index (χ0) is 12.2. The van der Waals surface area contributed by atoms with Crippen LogP contribution in [0.25, 0.3) is 6.08 Å². The second-order valence-corrected chi connectivity index (χ2v) is 5.08. The van der Waals surface area contributed by atoms with E-state index in [4.69, 9.17) is 4.84 Å². The number of nitrogens with zero attached hydrogens (tertiary/aromatic N) is 1. The molecule has 0 unspecified atom stereocenters. The van der Waals surface area contributed by atoms with Gasteiger partial charge in [-0.2, -0.15) is 0 Å². The summed E-state index contributed by atoms with van der Waals surface area (Å²) in [5, 5.41) is 6.27. The van der Waals surface area contributed by atoms with Crippen LogP contribution in [0, 0.1) is 0 Å². The maximum absolute atomic E-state index is 5.47. The molecular formula is C15H13NOS. The molecule has 18 heavy (non-hydrogen) atoms. The molecule has 1 aromatic heterocycles. The maximum Gasteiger partial charge on any atom is 0.136 e. The quantitative estimate of drug-likeness (QED) is 0.783. The molecule has 1 aliphatic rings. The Bertz CT molecular complexity index is 570. The Labute approximate surface area is 110 Å². The first kappa shape index (κ1) is 11.2. The number of rotatable bonds is 2. The van der Waals surface area contributed by atoms with Crippen molar-refractivity contribution in [2.75, 3.05) is 0 Å². The molecule has 2 heterocycles. The van der Waals surface area contributed by atoms with Gasteiger partial charge in [-0.25, -0.2) is 0 Å². The molecule has 0 saturated heterocycles. The van der Waals surface area contributed by atoms with Crippen LogP contribution in [0.1, 0.15) is 23.3 Å². The highest BCUT2D eigenvalue weighted by molar-refractivity contribution is 7.12. The van der Waals surface area contributed by atoms with Crippen molar-refractivity contribution in [1.29, 1.82) is 0 Å². The highest BCUT2D eigenvalue weighted by atomic mass is 32.1. The van der Waals surface area contributed by atoms with Crippen LogP contribution in [0.5, 0.6) is 0 Å². The summed E-state index contributed by atoms with van der Waals surface area (Å²) in [5.74, 6) is 0.932. The average molecular weight is 255 g/mol. The van der Waals surface area contributed by atoms with Crippen molar-refractivity contribution in [2.45, 2.75) is 12.8 Å². The van der Waals surface area contributed by atoms with Gasteiger partial charge in [-0.05, 0) is 23.1 Å². The lowest BCUT2D eigenvalue weighted by Crippen LogP contribution is -2.06. The van der Waals surface area contributed by atoms with Crippen molar-refractivity contribution in [3.8, 4) is 0 Å². The van der Waals surface area contributed by atoms with Crippen molar-refractivity contribution in [1.82, 2.24) is 0 Å². The zero-order valence-electron chi connectivity index (χ0n) is 9.87. The van der Waals surface area contributed by atoms with E-state index in [2.05, 4.69) is 34.8 Å². The van der Waals surface area contributed by atoms with E-state index in [1.165, 1.54) is 4.88 Å². The smallest absolute Gasteiger partial charge is 0.136 e. The van der Waals surface area contributed by atoms with Gasteiger partial charge in [-0.3, -0.25) is 0 Å². The third kappa shape index (κ3) is 2.51. The molecule has 1 aromatic carbocycles. The van der Waals surface area contributed by atoms with Gasteiger partial charge in [-0.1, -0.05) is 41.6 Å². The molecule has 90 valence electrons. The second kappa shape index (κ2) is 5.19. The van der Waals surface area contributed by atoms with Crippen molar-refractivity contribution < 1.29 is 4.84 Å². The number of thiophene rings is 1. The lowest BCUT2D eigenvalue weighted by molar-refractivity contribution is 0.210. The van der Waals surface area contributed by atoms with Crippen molar-refractivity contribution in [3.63, 3.8) is 0 Å². The highest BCUT2D eigenvalue weighted by Gasteiger charge is 2.13. The van der Waals surface area contributed by atoms with Gasteiger partial charge < -0.3 is 4.84 Å². The second-order valence-electron chi connectivity index (χ2n) is 4.13. The molecular weight excluding hydrogens is 242 g/mol. The van der Waals surface area contributed by atoms with E-state index in [-0.39, 0.29) is 0 Å². The fourth-order valence-corrected chi connectivity index (χ4v) is 2.63. The topological polar surface area (TPSA) is 21.6 Å². The van der Waals surface area contributed by atoms with E-state index < -0.39 is 0 Å². The molecule has 0 atom stereocenters. The van der Waals surface area contributed by atoms with Crippen molar-refractivity contribution in [2.24, 2.45) is 5.16 Å². The van der Waals surface area contributed by atoms with Gasteiger partial charge in [0.25, 0.3) is 0 Å². The van der Waals surface area contributed by atoms with E-state index in [0.717, 1.165) is 29.9 Å². The van der Waals surface area contributed by atoms with Crippen LogP contribution in [0.2, 0.25) is 0 Å². The minimum absolute atomic E-state index is 0.908. The van der Waals surface area contributed by atoms with Crippen LogP contribution in [0.3, 0.4) is 0 Å². The number of hydrogen-bond acceptors (Lipinski definition) is 3. The summed E-state index contributed by atoms with van der Waals surface area (Å²) < 4.78 is 0. The van der Waals surface area contributed by atoms with Gasteiger partial charge in [0.05, 0.1) is 10.6 Å². The van der Waals surface area contributed by atoms with Crippen LogP contribution in [0.4, 0.5) is 0 Å². The minimum atomic E-state index is 0.908. The van der Waals surface area contributed by atoms with E-state index in [1.54, 1.807) is 11.3 Å². The first-order valence-corrected chi connectivity index (χ1v) is 6.83. The summed E-state index contributed by atoms with van der Waals surface area (Å²) in [5.41, 5.74) is 2.21. The summed E-state index contributed by atoms with van der Waals surface area (Å²) in [6.07, 6.45) is 3.90. The van der Waals surface area contributed by atoms with Crippen molar-refractivity contribution >= 4 is 23.1 Å². The van der Waals surface area contributed by atoms with Gasteiger partial charge in [0.15, 0.2) is 0 Å². The largest absolute Gasteiger partial charge is 0.361 e. The maximum atomic E-state index is 5.47. The lowest BCUT2D eigenvalue weighted by Gasteiger charge is -2.13. The summed E-state index contributed by atoms with van der Waals surface area (Å²) in [6, 6.07) is 14.3. The van der Waals surface area contributed by atoms with Crippen LogP contribution in [0.15, 0.2) is 58.8 Å². The van der Waals surface area contributed by atoms with Gasteiger partial charge in [-0.15, -0.1) is 11.3 Å². The Kier molecular flexibility index (Phi) is 3.24. The van der Waals surface area contributed by atoms with Crippen LogP contribution >= 0.6 is 11.3 Å². The third-order valence-electron chi connectivity index (χ3n) is 2.81. The number of oxime groups is 1. The monoisotopic (exact) mass is 255 g/mol. The average Bonchev–Trinajstić information content (AvgIpc) is 2.95.